The van der Waals surface area contributed by atoms with Gasteiger partial charge in [-0.05, 0) is 11.8 Å². The second kappa shape index (κ2) is 13.0. The molecule has 1 fully saturated rings. The first kappa shape index (κ1) is 26.3. The van der Waals surface area contributed by atoms with Gasteiger partial charge in [0.1, 0.15) is 12.4 Å². The minimum atomic E-state index is 0.255. The van der Waals surface area contributed by atoms with E-state index in [1.54, 1.807) is 6.08 Å². The number of nitrogens with zero attached hydrogens (tertiary/aromatic N) is 4. The fraction of sp³-hybridized carbons (Fsp3) is 0.542. The molecule has 2 aromatic rings. The van der Waals surface area contributed by atoms with Crippen LogP contribution in [0.15, 0.2) is 46.0 Å². The molecule has 3 rings (SSSR count). The van der Waals surface area contributed by atoms with Crippen molar-refractivity contribution in [1.82, 2.24) is 30.9 Å². The Balaban J connectivity index is 1.61. The Bertz CT molecular complexity index is 1000. The molecule has 11 nitrogen and oxygen atoms in total. The molecule has 0 bridgehead atoms. The molecular weight excluding hydrogens is 448 g/mol. The van der Waals surface area contributed by atoms with Gasteiger partial charge in [0.2, 0.25) is 0 Å². The lowest BCUT2D eigenvalue weighted by molar-refractivity contribution is 0.0267. The van der Waals surface area contributed by atoms with Gasteiger partial charge in [-0.15, -0.1) is 0 Å². The molecule has 0 aliphatic carbocycles. The zero-order valence-electron chi connectivity index (χ0n) is 21.1. The Morgan fingerprint density at radius 2 is 2.06 bits per heavy atom. The maximum Gasteiger partial charge on any atom is 0.195 e. The summed E-state index contributed by atoms with van der Waals surface area (Å²) in [5, 5.41) is 17.6. The average Bonchev–Trinajstić information content (AvgIpc) is 3.48. The summed E-state index contributed by atoms with van der Waals surface area (Å²) in [5.41, 5.74) is 8.08. The van der Waals surface area contributed by atoms with Gasteiger partial charge in [0.25, 0.3) is 0 Å². The summed E-state index contributed by atoms with van der Waals surface area (Å²) in [4.78, 5) is 6.67. The lowest BCUT2D eigenvalue weighted by Gasteiger charge is -2.26. The lowest BCUT2D eigenvalue weighted by atomic mass is 10.1. The van der Waals surface area contributed by atoms with Crippen LogP contribution in [0.3, 0.4) is 0 Å². The largest absolute Gasteiger partial charge is 0.477 e. The number of ether oxygens (including phenoxy) is 2. The van der Waals surface area contributed by atoms with Crippen molar-refractivity contribution in [2.75, 3.05) is 39.5 Å². The third-order valence-corrected chi connectivity index (χ3v) is 5.42. The maximum atomic E-state index is 6.18. The van der Waals surface area contributed by atoms with Gasteiger partial charge in [0.05, 0.1) is 31.3 Å². The summed E-state index contributed by atoms with van der Waals surface area (Å²) < 4.78 is 16.8. The highest BCUT2D eigenvalue weighted by atomic mass is 16.5. The van der Waals surface area contributed by atoms with E-state index in [-0.39, 0.29) is 5.84 Å². The highest BCUT2D eigenvalue weighted by Gasteiger charge is 2.12. The summed E-state index contributed by atoms with van der Waals surface area (Å²) in [6.07, 6.45) is 1.63. The van der Waals surface area contributed by atoms with Crippen molar-refractivity contribution in [3.8, 4) is 0 Å². The Morgan fingerprint density at radius 3 is 2.71 bits per heavy atom. The van der Waals surface area contributed by atoms with Crippen molar-refractivity contribution in [1.29, 1.82) is 0 Å². The summed E-state index contributed by atoms with van der Waals surface area (Å²) in [5.74, 6) is 3.06. The van der Waals surface area contributed by atoms with E-state index in [4.69, 9.17) is 19.7 Å². The first-order valence-electron chi connectivity index (χ1n) is 12.0. The van der Waals surface area contributed by atoms with Gasteiger partial charge in [0.15, 0.2) is 17.5 Å². The van der Waals surface area contributed by atoms with Gasteiger partial charge < -0.3 is 30.4 Å². The quantitative estimate of drug-likeness (QED) is 0.191. The predicted octanol–water partition coefficient (Wildman–Crippen LogP) is 2.67. The molecule has 0 saturated carbocycles. The van der Waals surface area contributed by atoms with E-state index in [1.807, 2.05) is 12.1 Å². The third-order valence-electron chi connectivity index (χ3n) is 5.42. The van der Waals surface area contributed by atoms with Crippen LogP contribution in [-0.4, -0.2) is 65.5 Å². The van der Waals surface area contributed by atoms with Crippen LogP contribution in [0.4, 0.5) is 5.82 Å². The first-order chi connectivity index (χ1) is 16.8. The molecule has 0 atom stereocenters. The summed E-state index contributed by atoms with van der Waals surface area (Å²) in [6.45, 7) is 17.3. The van der Waals surface area contributed by atoms with E-state index in [0.29, 0.717) is 42.5 Å². The van der Waals surface area contributed by atoms with Gasteiger partial charge in [0, 0.05) is 43.5 Å². The molecule has 0 amide bonds. The van der Waals surface area contributed by atoms with Crippen molar-refractivity contribution in [3.63, 3.8) is 0 Å². The normalized spacial score (nSPS) is 15.6. The molecule has 0 unspecified atom stereocenters. The number of morpholine rings is 1. The highest BCUT2D eigenvalue weighted by molar-refractivity contribution is 5.93. The van der Waals surface area contributed by atoms with Crippen molar-refractivity contribution in [2.24, 2.45) is 10.7 Å². The van der Waals surface area contributed by atoms with E-state index < -0.39 is 0 Å². The van der Waals surface area contributed by atoms with Crippen LogP contribution in [-0.2, 0) is 16.0 Å². The minimum Gasteiger partial charge on any atom is -0.477 e. The molecule has 1 aliphatic rings. The Labute approximate surface area is 206 Å². The van der Waals surface area contributed by atoms with Crippen LogP contribution < -0.4 is 16.4 Å². The highest BCUT2D eigenvalue weighted by Crippen LogP contribution is 2.17. The molecule has 192 valence electrons. The maximum absolute atomic E-state index is 6.18. The monoisotopic (exact) mass is 486 g/mol. The molecule has 1 aliphatic heterocycles. The van der Waals surface area contributed by atoms with Crippen molar-refractivity contribution < 1.29 is 14.0 Å². The fourth-order valence-corrected chi connectivity index (χ4v) is 3.27. The van der Waals surface area contributed by atoms with Crippen molar-refractivity contribution in [2.45, 2.75) is 46.1 Å². The first-order valence-corrected chi connectivity index (χ1v) is 12.0. The Kier molecular flexibility index (Phi) is 9.74. The van der Waals surface area contributed by atoms with Crippen molar-refractivity contribution in [3.05, 3.63) is 53.6 Å². The molecule has 3 heterocycles. The summed E-state index contributed by atoms with van der Waals surface area (Å²) in [7, 11) is 0. The number of rotatable bonds is 13. The van der Waals surface area contributed by atoms with Crippen molar-refractivity contribution >= 4 is 11.7 Å². The standard InChI is InChI=1S/C24H38N8O3/c1-16(2)20-13-23(30-29-20)28-22(25)14-24(34-11-8-32-6-9-33-10-7-32)27-18(5)26-15-19-12-21(17(3)4)31-35-19/h12-14,16-17,26-27H,5-11,15H2,1-4H3,(H3,25,28,29,30). The fourth-order valence-electron chi connectivity index (χ4n) is 3.27. The van der Waals surface area contributed by atoms with Crippen LogP contribution in [0, 0.1) is 0 Å². The number of nitrogens with one attached hydrogen (secondary N) is 3. The number of hydrogen-bond donors (Lipinski definition) is 4. The van der Waals surface area contributed by atoms with Crippen LogP contribution in [0.1, 0.15) is 56.7 Å². The third kappa shape index (κ3) is 8.76. The van der Waals surface area contributed by atoms with E-state index in [2.05, 4.69) is 70.2 Å². The topological polar surface area (TPSA) is 139 Å². The number of aromatic nitrogens is 3. The minimum absolute atomic E-state index is 0.255. The second-order valence-electron chi connectivity index (χ2n) is 9.01. The second-order valence-corrected chi connectivity index (χ2v) is 9.01. The number of aromatic amines is 1. The van der Waals surface area contributed by atoms with Gasteiger partial charge in [-0.2, -0.15) is 5.10 Å². The van der Waals surface area contributed by atoms with Crippen LogP contribution in [0.2, 0.25) is 0 Å². The van der Waals surface area contributed by atoms with Crippen LogP contribution >= 0.6 is 0 Å². The SMILES string of the molecule is C=C(NCc1cc(C(C)C)no1)NC(=CC(N)=Nc1cc(C(C)C)[nH]n1)OCCN1CCOCC1. The molecular formula is C24H38N8O3. The van der Waals surface area contributed by atoms with E-state index in [0.717, 1.165) is 50.0 Å². The average molecular weight is 487 g/mol. The molecule has 35 heavy (non-hydrogen) atoms. The molecule has 0 aromatic carbocycles. The zero-order valence-corrected chi connectivity index (χ0v) is 21.1. The van der Waals surface area contributed by atoms with Gasteiger partial charge in [-0.3, -0.25) is 10.00 Å². The van der Waals surface area contributed by atoms with Gasteiger partial charge >= 0.3 is 0 Å². The van der Waals surface area contributed by atoms with E-state index >= 15 is 0 Å². The Morgan fingerprint density at radius 1 is 1.29 bits per heavy atom. The lowest BCUT2D eigenvalue weighted by Crippen LogP contribution is -2.38. The predicted molar refractivity (Wildman–Crippen MR) is 135 cm³/mol. The molecule has 1 saturated heterocycles. The number of nitrogens with two attached hydrogens (primary N) is 1. The number of hydrogen-bond acceptors (Lipinski definition) is 9. The van der Waals surface area contributed by atoms with E-state index in [9.17, 15) is 0 Å². The Hall–Kier alpha value is -3.31. The van der Waals surface area contributed by atoms with Crippen LogP contribution in [0.5, 0.6) is 0 Å². The van der Waals surface area contributed by atoms with Crippen LogP contribution in [0.25, 0.3) is 0 Å². The molecule has 11 heteroatoms. The smallest absolute Gasteiger partial charge is 0.195 e. The molecule has 0 radical (unpaired) electrons. The van der Waals surface area contributed by atoms with E-state index in [1.165, 1.54) is 0 Å². The summed E-state index contributed by atoms with van der Waals surface area (Å²) in [6, 6.07) is 3.81. The van der Waals surface area contributed by atoms with Gasteiger partial charge in [-0.25, -0.2) is 4.99 Å². The summed E-state index contributed by atoms with van der Waals surface area (Å²) >= 11 is 0. The number of H-pyrrole nitrogens is 1. The molecule has 2 aromatic heterocycles. The number of aliphatic imine (C=N–C) groups is 1. The number of amidine groups is 1. The van der Waals surface area contributed by atoms with Gasteiger partial charge in [-0.1, -0.05) is 39.4 Å². The zero-order chi connectivity index (χ0) is 25.2. The molecule has 0 spiro atoms. The molecule has 5 N–H and O–H groups in total.